The molecule has 1 fully saturated rings. The number of aliphatic hydroxyl groups excluding tert-OH is 1. The standard InChI is InChI=1S/C15H20FNO2/c16-14-4-2-1-3-11(14)5-10-15(19)17-12-6-8-13(18)9-7-12/h1-4,12-13,18H,5-10H2,(H,17,19). The first-order valence-electron chi connectivity index (χ1n) is 6.86. The van der Waals surface area contributed by atoms with E-state index in [0.717, 1.165) is 25.7 Å². The van der Waals surface area contributed by atoms with Gasteiger partial charge in [-0.15, -0.1) is 0 Å². The fourth-order valence-electron chi connectivity index (χ4n) is 2.47. The Hall–Kier alpha value is -1.42. The average Bonchev–Trinajstić information content (AvgIpc) is 2.40. The lowest BCUT2D eigenvalue weighted by Crippen LogP contribution is -2.38. The molecule has 4 heteroatoms. The van der Waals surface area contributed by atoms with Crippen molar-refractivity contribution in [2.24, 2.45) is 0 Å². The van der Waals surface area contributed by atoms with Crippen LogP contribution in [0.5, 0.6) is 0 Å². The molecular formula is C15H20FNO2. The van der Waals surface area contributed by atoms with E-state index >= 15 is 0 Å². The van der Waals surface area contributed by atoms with Gasteiger partial charge in [0, 0.05) is 12.5 Å². The van der Waals surface area contributed by atoms with Gasteiger partial charge in [-0.05, 0) is 43.7 Å². The molecule has 0 atom stereocenters. The van der Waals surface area contributed by atoms with E-state index in [9.17, 15) is 14.3 Å². The fraction of sp³-hybridized carbons (Fsp3) is 0.533. The third-order valence-electron chi connectivity index (χ3n) is 3.64. The van der Waals surface area contributed by atoms with E-state index in [1.54, 1.807) is 18.2 Å². The van der Waals surface area contributed by atoms with Gasteiger partial charge in [-0.2, -0.15) is 0 Å². The summed E-state index contributed by atoms with van der Waals surface area (Å²) < 4.78 is 13.4. The Kier molecular flexibility index (Phi) is 4.91. The maximum Gasteiger partial charge on any atom is 0.220 e. The van der Waals surface area contributed by atoms with Crippen LogP contribution >= 0.6 is 0 Å². The van der Waals surface area contributed by atoms with Gasteiger partial charge in [0.15, 0.2) is 0 Å². The highest BCUT2D eigenvalue weighted by Crippen LogP contribution is 2.18. The summed E-state index contributed by atoms with van der Waals surface area (Å²) in [5.41, 5.74) is 0.580. The number of amides is 1. The summed E-state index contributed by atoms with van der Waals surface area (Å²) in [5.74, 6) is -0.291. The molecule has 1 aromatic rings. The molecule has 2 rings (SSSR count). The van der Waals surface area contributed by atoms with Crippen molar-refractivity contribution < 1.29 is 14.3 Å². The molecule has 0 bridgehead atoms. The number of halogens is 1. The first-order chi connectivity index (χ1) is 9.15. The third-order valence-corrected chi connectivity index (χ3v) is 3.64. The first-order valence-corrected chi connectivity index (χ1v) is 6.86. The molecule has 1 aromatic carbocycles. The summed E-state index contributed by atoms with van der Waals surface area (Å²) in [5, 5.41) is 12.3. The molecule has 1 saturated carbocycles. The number of aryl methyl sites for hydroxylation is 1. The zero-order valence-electron chi connectivity index (χ0n) is 10.9. The molecular weight excluding hydrogens is 245 g/mol. The molecule has 1 aliphatic rings. The lowest BCUT2D eigenvalue weighted by atomic mass is 9.93. The van der Waals surface area contributed by atoms with Crippen LogP contribution in [0.25, 0.3) is 0 Å². The summed E-state index contributed by atoms with van der Waals surface area (Å²) in [4.78, 5) is 11.8. The monoisotopic (exact) mass is 265 g/mol. The number of carbonyl (C=O) groups excluding carboxylic acids is 1. The van der Waals surface area contributed by atoms with Crippen molar-refractivity contribution >= 4 is 5.91 Å². The Balaban J connectivity index is 1.74. The predicted molar refractivity (Wildman–Crippen MR) is 71.1 cm³/mol. The number of benzene rings is 1. The molecule has 1 amide bonds. The summed E-state index contributed by atoms with van der Waals surface area (Å²) in [6, 6.07) is 6.71. The van der Waals surface area contributed by atoms with Crippen LogP contribution < -0.4 is 5.32 Å². The van der Waals surface area contributed by atoms with Crippen LogP contribution in [0.3, 0.4) is 0 Å². The normalized spacial score (nSPS) is 23.1. The molecule has 0 aliphatic heterocycles. The second-order valence-electron chi connectivity index (χ2n) is 5.16. The van der Waals surface area contributed by atoms with Gasteiger partial charge in [-0.25, -0.2) is 4.39 Å². The van der Waals surface area contributed by atoms with Crippen LogP contribution in [-0.2, 0) is 11.2 Å². The minimum Gasteiger partial charge on any atom is -0.393 e. The van der Waals surface area contributed by atoms with Crippen molar-refractivity contribution in [1.82, 2.24) is 5.32 Å². The Labute approximate surface area is 112 Å². The Morgan fingerprint density at radius 3 is 2.63 bits per heavy atom. The number of aliphatic hydroxyl groups is 1. The maximum atomic E-state index is 13.4. The minimum absolute atomic E-state index is 0.0374. The van der Waals surface area contributed by atoms with Gasteiger partial charge in [0.05, 0.1) is 6.10 Å². The van der Waals surface area contributed by atoms with E-state index < -0.39 is 0 Å². The van der Waals surface area contributed by atoms with E-state index in [1.807, 2.05) is 0 Å². The zero-order valence-corrected chi connectivity index (χ0v) is 10.9. The zero-order chi connectivity index (χ0) is 13.7. The molecule has 0 saturated heterocycles. The van der Waals surface area contributed by atoms with Gasteiger partial charge < -0.3 is 10.4 Å². The van der Waals surface area contributed by atoms with E-state index in [0.29, 0.717) is 18.4 Å². The first kappa shape index (κ1) is 14.0. The maximum absolute atomic E-state index is 13.4. The summed E-state index contributed by atoms with van der Waals surface area (Å²) >= 11 is 0. The molecule has 104 valence electrons. The largest absolute Gasteiger partial charge is 0.393 e. The van der Waals surface area contributed by atoms with Crippen molar-refractivity contribution in [2.45, 2.75) is 50.7 Å². The molecule has 3 nitrogen and oxygen atoms in total. The molecule has 1 aliphatic carbocycles. The van der Waals surface area contributed by atoms with Crippen molar-refractivity contribution in [3.8, 4) is 0 Å². The Morgan fingerprint density at radius 1 is 1.26 bits per heavy atom. The highest BCUT2D eigenvalue weighted by Gasteiger charge is 2.20. The van der Waals surface area contributed by atoms with Crippen LogP contribution in [0.4, 0.5) is 4.39 Å². The molecule has 0 heterocycles. The summed E-state index contributed by atoms with van der Waals surface area (Å²) in [7, 11) is 0. The van der Waals surface area contributed by atoms with Gasteiger partial charge >= 0.3 is 0 Å². The number of hydrogen-bond donors (Lipinski definition) is 2. The molecule has 0 spiro atoms. The van der Waals surface area contributed by atoms with Crippen LogP contribution in [0.2, 0.25) is 0 Å². The molecule has 0 radical (unpaired) electrons. The topological polar surface area (TPSA) is 49.3 Å². The number of carbonyl (C=O) groups is 1. The second-order valence-corrected chi connectivity index (χ2v) is 5.16. The van der Waals surface area contributed by atoms with Crippen LogP contribution in [0.15, 0.2) is 24.3 Å². The van der Waals surface area contributed by atoms with Crippen molar-refractivity contribution in [3.63, 3.8) is 0 Å². The highest BCUT2D eigenvalue weighted by atomic mass is 19.1. The van der Waals surface area contributed by atoms with E-state index in [-0.39, 0.29) is 23.9 Å². The molecule has 0 aromatic heterocycles. The van der Waals surface area contributed by atoms with Gasteiger partial charge in [-0.3, -0.25) is 4.79 Å². The van der Waals surface area contributed by atoms with E-state index in [1.165, 1.54) is 6.07 Å². The molecule has 19 heavy (non-hydrogen) atoms. The second kappa shape index (κ2) is 6.66. The van der Waals surface area contributed by atoms with Gasteiger partial charge in [0.1, 0.15) is 5.82 Å². The number of hydrogen-bond acceptors (Lipinski definition) is 2. The van der Waals surface area contributed by atoms with Crippen molar-refractivity contribution in [3.05, 3.63) is 35.6 Å². The molecule has 0 unspecified atom stereocenters. The Bertz CT molecular complexity index is 428. The van der Waals surface area contributed by atoms with Crippen LogP contribution in [-0.4, -0.2) is 23.2 Å². The highest BCUT2D eigenvalue weighted by molar-refractivity contribution is 5.76. The number of nitrogens with one attached hydrogen (secondary N) is 1. The van der Waals surface area contributed by atoms with Gasteiger partial charge in [0.2, 0.25) is 5.91 Å². The quantitative estimate of drug-likeness (QED) is 0.876. The lowest BCUT2D eigenvalue weighted by Gasteiger charge is -2.26. The summed E-state index contributed by atoms with van der Waals surface area (Å²) in [6.45, 7) is 0. The van der Waals surface area contributed by atoms with Gasteiger partial charge in [0.25, 0.3) is 0 Å². The number of rotatable bonds is 4. The van der Waals surface area contributed by atoms with Crippen molar-refractivity contribution in [1.29, 1.82) is 0 Å². The van der Waals surface area contributed by atoms with Crippen LogP contribution in [0, 0.1) is 5.82 Å². The Morgan fingerprint density at radius 2 is 1.95 bits per heavy atom. The lowest BCUT2D eigenvalue weighted by molar-refractivity contribution is -0.122. The minimum atomic E-state index is -0.254. The van der Waals surface area contributed by atoms with E-state index in [2.05, 4.69) is 5.32 Å². The average molecular weight is 265 g/mol. The van der Waals surface area contributed by atoms with Crippen molar-refractivity contribution in [2.75, 3.05) is 0 Å². The fourth-order valence-corrected chi connectivity index (χ4v) is 2.47. The van der Waals surface area contributed by atoms with Gasteiger partial charge in [-0.1, -0.05) is 18.2 Å². The van der Waals surface area contributed by atoms with E-state index in [4.69, 9.17) is 0 Å². The smallest absolute Gasteiger partial charge is 0.220 e. The third kappa shape index (κ3) is 4.31. The van der Waals surface area contributed by atoms with Crippen LogP contribution in [0.1, 0.15) is 37.7 Å². The predicted octanol–water partition coefficient (Wildman–Crippen LogP) is 2.18. The summed E-state index contributed by atoms with van der Waals surface area (Å²) in [6.07, 6.45) is 3.66. The SMILES string of the molecule is O=C(CCc1ccccc1F)NC1CCC(O)CC1. The molecule has 2 N–H and O–H groups in total.